The molecule has 0 saturated heterocycles. The smallest absolute Gasteiger partial charge is 0.323 e. The lowest BCUT2D eigenvalue weighted by molar-refractivity contribution is -0.144. The number of hydrogen-bond acceptors (Lipinski definition) is 4. The van der Waals surface area contributed by atoms with Gasteiger partial charge in [0.15, 0.2) is 0 Å². The lowest BCUT2D eigenvalue weighted by Crippen LogP contribution is -2.48. The van der Waals surface area contributed by atoms with Gasteiger partial charge in [0.05, 0.1) is 0 Å². The van der Waals surface area contributed by atoms with Crippen molar-refractivity contribution in [2.75, 3.05) is 47.3 Å². The Hall–Kier alpha value is -0.650. The third-order valence-electron chi connectivity index (χ3n) is 3.66. The molecule has 0 aromatic carbocycles. The van der Waals surface area contributed by atoms with Crippen LogP contribution in [0.4, 0.5) is 0 Å². The molecule has 0 aliphatic carbocycles. The number of hydrogen-bond donors (Lipinski definition) is 2. The summed E-state index contributed by atoms with van der Waals surface area (Å²) >= 11 is 0. The second-order valence-electron chi connectivity index (χ2n) is 6.49. The van der Waals surface area contributed by atoms with E-state index in [1.165, 1.54) is 0 Å². The van der Waals surface area contributed by atoms with E-state index in [1.54, 1.807) is 14.0 Å². The van der Waals surface area contributed by atoms with Gasteiger partial charge in [0, 0.05) is 19.6 Å². The van der Waals surface area contributed by atoms with E-state index in [0.717, 1.165) is 32.6 Å². The Morgan fingerprint density at radius 3 is 2.25 bits per heavy atom. The Kier molecular flexibility index (Phi) is 9.01. The van der Waals surface area contributed by atoms with Crippen molar-refractivity contribution in [2.24, 2.45) is 5.92 Å². The lowest BCUT2D eigenvalue weighted by atomic mass is 9.96. The van der Waals surface area contributed by atoms with Crippen LogP contribution in [0.3, 0.4) is 0 Å². The predicted octanol–water partition coefficient (Wildman–Crippen LogP) is 1.35. The number of nitrogens with zero attached hydrogens (tertiary/aromatic N) is 2. The molecule has 0 saturated carbocycles. The fourth-order valence-corrected chi connectivity index (χ4v) is 2.15. The Morgan fingerprint density at radius 2 is 1.85 bits per heavy atom. The van der Waals surface area contributed by atoms with Crippen LogP contribution in [0.2, 0.25) is 0 Å². The topological polar surface area (TPSA) is 55.8 Å². The minimum Gasteiger partial charge on any atom is -0.480 e. The van der Waals surface area contributed by atoms with Gasteiger partial charge in [-0.15, -0.1) is 0 Å². The summed E-state index contributed by atoms with van der Waals surface area (Å²) in [7, 11) is 5.87. The number of carboxylic acids is 1. The van der Waals surface area contributed by atoms with E-state index in [9.17, 15) is 9.90 Å². The molecule has 20 heavy (non-hydrogen) atoms. The normalized spacial score (nSPS) is 15.1. The van der Waals surface area contributed by atoms with Gasteiger partial charge in [0.1, 0.15) is 5.54 Å². The highest BCUT2D eigenvalue weighted by molar-refractivity contribution is 5.78. The van der Waals surface area contributed by atoms with E-state index >= 15 is 0 Å². The van der Waals surface area contributed by atoms with Crippen molar-refractivity contribution in [2.45, 2.75) is 39.2 Å². The largest absolute Gasteiger partial charge is 0.480 e. The lowest BCUT2D eigenvalue weighted by Gasteiger charge is -2.28. The van der Waals surface area contributed by atoms with Crippen LogP contribution in [0.25, 0.3) is 0 Å². The molecule has 0 bridgehead atoms. The Bertz CT molecular complexity index is 282. The van der Waals surface area contributed by atoms with Crippen LogP contribution in [0.15, 0.2) is 0 Å². The van der Waals surface area contributed by atoms with Gasteiger partial charge >= 0.3 is 5.97 Å². The van der Waals surface area contributed by atoms with E-state index in [-0.39, 0.29) is 0 Å². The summed E-state index contributed by atoms with van der Waals surface area (Å²) in [5, 5.41) is 12.2. The molecule has 2 N–H and O–H groups in total. The first-order valence-corrected chi connectivity index (χ1v) is 7.50. The summed E-state index contributed by atoms with van der Waals surface area (Å²) in [6.45, 7) is 10.3. The van der Waals surface area contributed by atoms with E-state index in [1.807, 2.05) is 0 Å². The average molecular weight is 287 g/mol. The van der Waals surface area contributed by atoms with Gasteiger partial charge < -0.3 is 20.2 Å². The zero-order valence-electron chi connectivity index (χ0n) is 14.1. The molecule has 0 radical (unpaired) electrons. The number of carbonyl (C=O) groups is 1. The standard InChI is InChI=1S/C15H33N3O2/c1-13(2)12-18(11-10-17(5)6)9-7-8-15(3,16-4)14(19)20/h13,16H,7-12H2,1-6H3,(H,19,20). The fourth-order valence-electron chi connectivity index (χ4n) is 2.15. The minimum atomic E-state index is -0.814. The van der Waals surface area contributed by atoms with Gasteiger partial charge in [-0.1, -0.05) is 13.8 Å². The summed E-state index contributed by atoms with van der Waals surface area (Å²) in [5.41, 5.74) is -0.814. The number of rotatable bonds is 11. The maximum atomic E-state index is 11.2. The highest BCUT2D eigenvalue weighted by atomic mass is 16.4. The monoisotopic (exact) mass is 287 g/mol. The summed E-state index contributed by atoms with van der Waals surface area (Å²) < 4.78 is 0. The molecule has 1 atom stereocenters. The third kappa shape index (κ3) is 7.82. The maximum absolute atomic E-state index is 11.2. The summed E-state index contributed by atoms with van der Waals surface area (Å²) in [6.07, 6.45) is 1.54. The molecule has 0 heterocycles. The number of aliphatic carboxylic acids is 1. The van der Waals surface area contributed by atoms with Gasteiger partial charge in [-0.05, 0) is 53.4 Å². The van der Waals surface area contributed by atoms with Crippen molar-refractivity contribution in [3.63, 3.8) is 0 Å². The Balaban J connectivity index is 4.27. The molecule has 0 spiro atoms. The van der Waals surface area contributed by atoms with Crippen molar-refractivity contribution in [1.29, 1.82) is 0 Å². The maximum Gasteiger partial charge on any atom is 0.323 e. The summed E-state index contributed by atoms with van der Waals surface area (Å²) in [4.78, 5) is 15.9. The van der Waals surface area contributed by atoms with Crippen molar-refractivity contribution >= 4 is 5.97 Å². The van der Waals surface area contributed by atoms with Gasteiger partial charge in [0.2, 0.25) is 0 Å². The summed E-state index contributed by atoms with van der Waals surface area (Å²) in [5.74, 6) is -0.143. The molecule has 0 aromatic heterocycles. The first-order chi connectivity index (χ1) is 9.21. The molecule has 0 aromatic rings. The van der Waals surface area contributed by atoms with Crippen molar-refractivity contribution in [1.82, 2.24) is 15.1 Å². The van der Waals surface area contributed by atoms with Crippen LogP contribution in [0.1, 0.15) is 33.6 Å². The van der Waals surface area contributed by atoms with Crippen LogP contribution in [0.5, 0.6) is 0 Å². The van der Waals surface area contributed by atoms with Crippen molar-refractivity contribution in [3.05, 3.63) is 0 Å². The molecule has 1 unspecified atom stereocenters. The molecule has 0 amide bonds. The quantitative estimate of drug-likeness (QED) is 0.601. The number of likely N-dealkylation sites (N-methyl/N-ethyl adjacent to an activating group) is 2. The first-order valence-electron chi connectivity index (χ1n) is 7.50. The van der Waals surface area contributed by atoms with E-state index in [4.69, 9.17) is 0 Å². The molecule has 5 heteroatoms. The van der Waals surface area contributed by atoms with Gasteiger partial charge in [-0.25, -0.2) is 0 Å². The number of carboxylic acid groups (broad SMARTS) is 1. The first kappa shape index (κ1) is 19.4. The van der Waals surface area contributed by atoms with E-state index < -0.39 is 11.5 Å². The average Bonchev–Trinajstić information content (AvgIpc) is 2.34. The van der Waals surface area contributed by atoms with E-state index in [0.29, 0.717) is 12.3 Å². The van der Waals surface area contributed by atoms with Crippen LogP contribution < -0.4 is 5.32 Å². The second-order valence-corrected chi connectivity index (χ2v) is 6.49. The predicted molar refractivity (Wildman–Crippen MR) is 84.2 cm³/mol. The Morgan fingerprint density at radius 1 is 1.25 bits per heavy atom. The van der Waals surface area contributed by atoms with Crippen molar-refractivity contribution < 1.29 is 9.90 Å². The van der Waals surface area contributed by atoms with Gasteiger partial charge in [0.25, 0.3) is 0 Å². The second kappa shape index (κ2) is 9.32. The highest BCUT2D eigenvalue weighted by Crippen LogP contribution is 2.13. The molecule has 0 aliphatic rings. The SMILES string of the molecule is CNC(C)(CCCN(CCN(C)C)CC(C)C)C(=O)O. The molecular weight excluding hydrogens is 254 g/mol. The zero-order valence-corrected chi connectivity index (χ0v) is 14.1. The molecule has 5 nitrogen and oxygen atoms in total. The third-order valence-corrected chi connectivity index (χ3v) is 3.66. The van der Waals surface area contributed by atoms with Crippen molar-refractivity contribution in [3.8, 4) is 0 Å². The molecular formula is C15H33N3O2. The number of nitrogens with one attached hydrogen (secondary N) is 1. The van der Waals surface area contributed by atoms with Crippen LogP contribution >= 0.6 is 0 Å². The van der Waals surface area contributed by atoms with Gasteiger partial charge in [-0.3, -0.25) is 4.79 Å². The van der Waals surface area contributed by atoms with E-state index in [2.05, 4.69) is 43.1 Å². The minimum absolute atomic E-state index is 0.632. The Labute approximate surface area is 124 Å². The van der Waals surface area contributed by atoms with Crippen LogP contribution in [-0.4, -0.2) is 73.7 Å². The molecule has 0 fully saturated rings. The summed E-state index contributed by atoms with van der Waals surface area (Å²) in [6, 6.07) is 0. The molecule has 0 rings (SSSR count). The molecule has 120 valence electrons. The highest BCUT2D eigenvalue weighted by Gasteiger charge is 2.30. The van der Waals surface area contributed by atoms with Crippen LogP contribution in [-0.2, 0) is 4.79 Å². The zero-order chi connectivity index (χ0) is 15.8. The fraction of sp³-hybridized carbons (Fsp3) is 0.933. The van der Waals surface area contributed by atoms with Crippen LogP contribution in [0, 0.1) is 5.92 Å². The molecule has 0 aliphatic heterocycles. The van der Waals surface area contributed by atoms with Gasteiger partial charge in [-0.2, -0.15) is 0 Å².